The van der Waals surface area contributed by atoms with Crippen molar-refractivity contribution in [2.75, 3.05) is 0 Å². The summed E-state index contributed by atoms with van der Waals surface area (Å²) in [5.41, 5.74) is 7.15. The number of benzene rings is 1. The van der Waals surface area contributed by atoms with Crippen LogP contribution in [0.1, 0.15) is 53.3 Å². The number of aromatic nitrogens is 3. The minimum Gasteiger partial charge on any atom is -0.349 e. The molecule has 0 radical (unpaired) electrons. The molecule has 1 aliphatic carbocycles. The number of carbonyl (C=O) groups is 1. The zero-order valence-corrected chi connectivity index (χ0v) is 16.5. The van der Waals surface area contributed by atoms with Crippen LogP contribution in [-0.4, -0.2) is 20.7 Å². The summed E-state index contributed by atoms with van der Waals surface area (Å²) in [6.07, 6.45) is 9.70. The van der Waals surface area contributed by atoms with Gasteiger partial charge in [0.25, 0.3) is 0 Å². The van der Waals surface area contributed by atoms with Crippen molar-refractivity contribution in [1.82, 2.24) is 20.1 Å². The van der Waals surface area contributed by atoms with Crippen molar-refractivity contribution in [3.05, 3.63) is 76.9 Å². The van der Waals surface area contributed by atoms with Crippen LogP contribution in [0.5, 0.6) is 0 Å². The van der Waals surface area contributed by atoms with Crippen LogP contribution in [0.2, 0.25) is 0 Å². The molecule has 0 bridgehead atoms. The number of rotatable bonds is 5. The Balaban J connectivity index is 1.49. The summed E-state index contributed by atoms with van der Waals surface area (Å²) in [7, 11) is 0. The molecule has 0 saturated heterocycles. The van der Waals surface area contributed by atoms with Crippen molar-refractivity contribution < 1.29 is 4.79 Å². The fourth-order valence-corrected chi connectivity index (χ4v) is 3.95. The average Bonchev–Trinajstić information content (AvgIpc) is 3.14. The average molecular weight is 374 g/mol. The lowest BCUT2D eigenvalue weighted by atomic mass is 9.92. The van der Waals surface area contributed by atoms with Crippen LogP contribution in [-0.2, 0) is 17.6 Å². The Kier molecular flexibility index (Phi) is 5.24. The van der Waals surface area contributed by atoms with E-state index < -0.39 is 0 Å². The van der Waals surface area contributed by atoms with E-state index in [1.165, 1.54) is 16.8 Å². The quantitative estimate of drug-likeness (QED) is 0.734. The number of nitrogens with zero attached hydrogens (tertiary/aromatic N) is 3. The maximum atomic E-state index is 12.5. The first kappa shape index (κ1) is 18.4. The molecule has 3 aromatic rings. The van der Waals surface area contributed by atoms with E-state index in [0.717, 1.165) is 42.5 Å². The molecule has 1 amide bonds. The van der Waals surface area contributed by atoms with Crippen molar-refractivity contribution in [2.24, 2.45) is 0 Å². The van der Waals surface area contributed by atoms with Gasteiger partial charge in [-0.1, -0.05) is 12.1 Å². The molecule has 4 rings (SSSR count). The Bertz CT molecular complexity index is 978. The maximum Gasteiger partial charge on any atom is 0.220 e. The van der Waals surface area contributed by atoms with Gasteiger partial charge in [0.05, 0.1) is 17.9 Å². The number of nitrogens with one attached hydrogen (secondary N) is 1. The summed E-state index contributed by atoms with van der Waals surface area (Å²) in [6.45, 7) is 4.26. The minimum absolute atomic E-state index is 0.0487. The lowest BCUT2D eigenvalue weighted by molar-refractivity contribution is -0.121. The van der Waals surface area contributed by atoms with Crippen molar-refractivity contribution in [1.29, 1.82) is 0 Å². The Labute approximate surface area is 165 Å². The van der Waals surface area contributed by atoms with E-state index in [4.69, 9.17) is 0 Å². The molecular weight excluding hydrogens is 348 g/mol. The lowest BCUT2D eigenvalue weighted by Crippen LogP contribution is -2.31. The van der Waals surface area contributed by atoms with E-state index in [1.54, 1.807) is 12.4 Å². The number of hydrogen-bond donors (Lipinski definition) is 1. The zero-order chi connectivity index (χ0) is 19.5. The van der Waals surface area contributed by atoms with Gasteiger partial charge in [-0.05, 0) is 74.4 Å². The first-order valence-corrected chi connectivity index (χ1v) is 9.95. The topological polar surface area (TPSA) is 59.8 Å². The van der Waals surface area contributed by atoms with Gasteiger partial charge in [-0.15, -0.1) is 0 Å². The first-order valence-electron chi connectivity index (χ1n) is 9.95. The number of aryl methyl sites for hydroxylation is 2. The summed E-state index contributed by atoms with van der Waals surface area (Å²) in [5, 5.41) is 7.91. The molecule has 1 N–H and O–H groups in total. The van der Waals surface area contributed by atoms with Gasteiger partial charge in [-0.2, -0.15) is 5.10 Å². The van der Waals surface area contributed by atoms with Crippen LogP contribution in [0.3, 0.4) is 0 Å². The van der Waals surface area contributed by atoms with E-state index in [0.29, 0.717) is 6.42 Å². The summed E-state index contributed by atoms with van der Waals surface area (Å²) in [4.78, 5) is 16.5. The van der Waals surface area contributed by atoms with Crippen LogP contribution >= 0.6 is 0 Å². The van der Waals surface area contributed by atoms with Crippen LogP contribution in [0.15, 0.2) is 48.9 Å². The van der Waals surface area contributed by atoms with E-state index in [2.05, 4.69) is 52.1 Å². The third kappa shape index (κ3) is 3.70. The molecule has 0 saturated carbocycles. The molecule has 1 aromatic carbocycles. The van der Waals surface area contributed by atoms with Gasteiger partial charge in [0, 0.05) is 30.1 Å². The SMILES string of the molecule is Cc1cccc(-n2ncc3c2CCC[C@@H]3NC(=O)CCc2ccncc2)c1C. The highest BCUT2D eigenvalue weighted by molar-refractivity contribution is 5.76. The van der Waals surface area contributed by atoms with Crippen LogP contribution in [0, 0.1) is 13.8 Å². The molecule has 2 heterocycles. The van der Waals surface area contributed by atoms with Crippen LogP contribution in [0.25, 0.3) is 5.69 Å². The van der Waals surface area contributed by atoms with Crippen molar-refractivity contribution in [2.45, 2.75) is 52.0 Å². The van der Waals surface area contributed by atoms with Crippen molar-refractivity contribution in [3.8, 4) is 5.69 Å². The highest BCUT2D eigenvalue weighted by Crippen LogP contribution is 2.32. The highest BCUT2D eigenvalue weighted by atomic mass is 16.1. The molecule has 1 aliphatic rings. The molecule has 0 aliphatic heterocycles. The van der Waals surface area contributed by atoms with Crippen LogP contribution < -0.4 is 5.32 Å². The smallest absolute Gasteiger partial charge is 0.220 e. The van der Waals surface area contributed by atoms with E-state index in [-0.39, 0.29) is 11.9 Å². The molecule has 5 heteroatoms. The molecule has 0 spiro atoms. The zero-order valence-electron chi connectivity index (χ0n) is 16.5. The third-order valence-corrected chi connectivity index (χ3v) is 5.71. The molecule has 0 unspecified atom stereocenters. The molecule has 0 fully saturated rings. The lowest BCUT2D eigenvalue weighted by Gasteiger charge is -2.24. The number of pyridine rings is 1. The summed E-state index contributed by atoms with van der Waals surface area (Å²) in [5.74, 6) is 0.0918. The van der Waals surface area contributed by atoms with Gasteiger partial charge in [-0.3, -0.25) is 9.78 Å². The Morgan fingerprint density at radius 1 is 1.21 bits per heavy atom. The predicted octanol–water partition coefficient (Wildman–Crippen LogP) is 4.01. The summed E-state index contributed by atoms with van der Waals surface area (Å²) < 4.78 is 2.06. The second-order valence-corrected chi connectivity index (χ2v) is 7.55. The van der Waals surface area contributed by atoms with Crippen LogP contribution in [0.4, 0.5) is 0 Å². The number of fused-ring (bicyclic) bond motifs is 1. The molecule has 28 heavy (non-hydrogen) atoms. The number of amides is 1. The van der Waals surface area contributed by atoms with Gasteiger partial charge in [0.15, 0.2) is 0 Å². The maximum absolute atomic E-state index is 12.5. The molecule has 1 atom stereocenters. The second-order valence-electron chi connectivity index (χ2n) is 7.55. The molecule has 5 nitrogen and oxygen atoms in total. The molecular formula is C23H26N4O. The fraction of sp³-hybridized carbons (Fsp3) is 0.348. The van der Waals surface area contributed by atoms with E-state index in [1.807, 2.05) is 18.3 Å². The predicted molar refractivity (Wildman–Crippen MR) is 109 cm³/mol. The monoisotopic (exact) mass is 374 g/mol. The summed E-state index contributed by atoms with van der Waals surface area (Å²) >= 11 is 0. The normalized spacial score (nSPS) is 15.9. The largest absolute Gasteiger partial charge is 0.349 e. The molecule has 2 aromatic heterocycles. The van der Waals surface area contributed by atoms with Gasteiger partial charge in [-0.25, -0.2) is 4.68 Å². The first-order chi connectivity index (χ1) is 13.6. The van der Waals surface area contributed by atoms with E-state index >= 15 is 0 Å². The Morgan fingerprint density at radius 2 is 2.04 bits per heavy atom. The van der Waals surface area contributed by atoms with Gasteiger partial charge in [0.2, 0.25) is 5.91 Å². The highest BCUT2D eigenvalue weighted by Gasteiger charge is 2.26. The minimum atomic E-state index is 0.0487. The van der Waals surface area contributed by atoms with E-state index in [9.17, 15) is 4.79 Å². The van der Waals surface area contributed by atoms with Gasteiger partial charge >= 0.3 is 0 Å². The van der Waals surface area contributed by atoms with Gasteiger partial charge in [0.1, 0.15) is 0 Å². The molecule has 144 valence electrons. The Morgan fingerprint density at radius 3 is 2.86 bits per heavy atom. The van der Waals surface area contributed by atoms with Crippen molar-refractivity contribution in [3.63, 3.8) is 0 Å². The fourth-order valence-electron chi connectivity index (χ4n) is 3.95. The number of carbonyl (C=O) groups excluding carboxylic acids is 1. The standard InChI is InChI=1S/C23H26N4O/c1-16-5-3-7-21(17(16)2)27-22-8-4-6-20(19(22)15-25-27)26-23(28)10-9-18-11-13-24-14-12-18/h3,5,7,11-15,20H,4,6,8-10H2,1-2H3,(H,26,28)/t20-/m0/s1. The van der Waals surface area contributed by atoms with Crippen molar-refractivity contribution >= 4 is 5.91 Å². The summed E-state index contributed by atoms with van der Waals surface area (Å²) in [6, 6.07) is 10.3. The Hall–Kier alpha value is -2.95. The second kappa shape index (κ2) is 7.97. The number of hydrogen-bond acceptors (Lipinski definition) is 3. The van der Waals surface area contributed by atoms with Gasteiger partial charge < -0.3 is 5.32 Å². The third-order valence-electron chi connectivity index (χ3n) is 5.71.